The maximum atomic E-state index is 12.4. The number of hydrogen-bond donors (Lipinski definition) is 1. The summed E-state index contributed by atoms with van der Waals surface area (Å²) in [4.78, 5) is 12.4. The van der Waals surface area contributed by atoms with Crippen LogP contribution >= 0.6 is 0 Å². The topological polar surface area (TPSA) is 45.5 Å². The van der Waals surface area contributed by atoms with Gasteiger partial charge in [0, 0.05) is 18.2 Å². The van der Waals surface area contributed by atoms with Crippen molar-refractivity contribution in [1.82, 2.24) is 4.68 Å². The van der Waals surface area contributed by atoms with Crippen molar-refractivity contribution >= 4 is 5.91 Å². The number of hydrogen-bond acceptors (Lipinski definition) is 2. The van der Waals surface area contributed by atoms with Gasteiger partial charge in [-0.05, 0) is 23.8 Å². The van der Waals surface area contributed by atoms with E-state index < -0.39 is 6.10 Å². The van der Waals surface area contributed by atoms with Gasteiger partial charge in [0.1, 0.15) is 0 Å². The van der Waals surface area contributed by atoms with Gasteiger partial charge in [0.25, 0.3) is 5.91 Å². The van der Waals surface area contributed by atoms with Gasteiger partial charge in [-0.1, -0.05) is 18.2 Å². The minimum Gasteiger partial charge on any atom is -0.387 e. The lowest BCUT2D eigenvalue weighted by Crippen LogP contribution is -2.43. The molecule has 3 heterocycles. The summed E-state index contributed by atoms with van der Waals surface area (Å²) in [6, 6.07) is 11.3. The smallest absolute Gasteiger partial charge is 0.273 e. The second-order valence-electron chi connectivity index (χ2n) is 4.78. The number of fused-ring (bicyclic) bond motifs is 5. The Hall–Kier alpha value is -2.07. The third-order valence-electron chi connectivity index (χ3n) is 3.83. The van der Waals surface area contributed by atoms with E-state index in [9.17, 15) is 9.90 Å². The van der Waals surface area contributed by atoms with Crippen LogP contribution in [0.5, 0.6) is 0 Å². The average molecular weight is 240 g/mol. The van der Waals surface area contributed by atoms with Gasteiger partial charge < -0.3 is 5.11 Å². The van der Waals surface area contributed by atoms with Crippen molar-refractivity contribution in [2.75, 3.05) is 5.01 Å². The van der Waals surface area contributed by atoms with Crippen molar-refractivity contribution in [3.8, 4) is 0 Å². The Morgan fingerprint density at radius 2 is 2.00 bits per heavy atom. The molecule has 0 aliphatic carbocycles. The highest BCUT2D eigenvalue weighted by atomic mass is 16.3. The fourth-order valence-electron chi connectivity index (χ4n) is 3.03. The van der Waals surface area contributed by atoms with Gasteiger partial charge >= 0.3 is 0 Å². The number of benzene rings is 1. The molecule has 2 atom stereocenters. The van der Waals surface area contributed by atoms with Crippen molar-refractivity contribution in [2.24, 2.45) is 0 Å². The quantitative estimate of drug-likeness (QED) is 0.762. The summed E-state index contributed by atoms with van der Waals surface area (Å²) in [6.07, 6.45) is 1.88. The minimum absolute atomic E-state index is 0.0138. The predicted octanol–water partition coefficient (Wildman–Crippen LogP) is 1.76. The van der Waals surface area contributed by atoms with Crippen LogP contribution in [-0.2, 0) is 0 Å². The number of amides is 1. The first-order valence-corrected chi connectivity index (χ1v) is 6.05. The molecule has 0 spiro atoms. The van der Waals surface area contributed by atoms with Gasteiger partial charge in [-0.2, -0.15) is 0 Å². The van der Waals surface area contributed by atoms with E-state index >= 15 is 0 Å². The Labute approximate surface area is 104 Å². The number of carbonyl (C=O) groups is 1. The zero-order chi connectivity index (χ0) is 12.3. The van der Waals surface area contributed by atoms with Gasteiger partial charge in [-0.15, -0.1) is 0 Å². The molecule has 4 rings (SSSR count). The summed E-state index contributed by atoms with van der Waals surface area (Å²) >= 11 is 0. The predicted molar refractivity (Wildman–Crippen MR) is 65.7 cm³/mol. The second kappa shape index (κ2) is 3.23. The molecule has 90 valence electrons. The van der Waals surface area contributed by atoms with Crippen LogP contribution in [0.15, 0.2) is 42.6 Å². The molecule has 2 aliphatic rings. The first-order valence-electron chi connectivity index (χ1n) is 6.05. The Bertz CT molecular complexity index is 647. The van der Waals surface area contributed by atoms with E-state index in [-0.39, 0.29) is 11.9 Å². The zero-order valence-corrected chi connectivity index (χ0v) is 9.65. The fraction of sp³-hybridized carbons (Fsp3) is 0.214. The Morgan fingerprint density at radius 1 is 1.17 bits per heavy atom. The maximum Gasteiger partial charge on any atom is 0.273 e. The molecular formula is C14H12N2O2. The van der Waals surface area contributed by atoms with E-state index in [0.717, 1.165) is 16.8 Å². The van der Waals surface area contributed by atoms with Crippen LogP contribution in [0.1, 0.15) is 40.2 Å². The molecule has 1 aromatic carbocycles. The summed E-state index contributed by atoms with van der Waals surface area (Å²) in [5.74, 6) is 0.0138. The molecule has 2 aliphatic heterocycles. The third kappa shape index (κ3) is 1.06. The van der Waals surface area contributed by atoms with Crippen LogP contribution in [0.3, 0.4) is 0 Å². The first kappa shape index (κ1) is 9.91. The molecule has 0 saturated carbocycles. The fourth-order valence-corrected chi connectivity index (χ4v) is 3.03. The van der Waals surface area contributed by atoms with E-state index in [1.54, 1.807) is 9.69 Å². The van der Waals surface area contributed by atoms with E-state index in [1.165, 1.54) is 0 Å². The summed E-state index contributed by atoms with van der Waals surface area (Å²) < 4.78 is 1.78. The lowest BCUT2D eigenvalue weighted by molar-refractivity contribution is 0.0888. The maximum absolute atomic E-state index is 12.4. The Balaban J connectivity index is 1.95. The molecule has 18 heavy (non-hydrogen) atoms. The molecule has 0 saturated heterocycles. The lowest BCUT2D eigenvalue weighted by Gasteiger charge is -2.35. The van der Waals surface area contributed by atoms with Crippen molar-refractivity contribution in [3.63, 3.8) is 0 Å². The van der Waals surface area contributed by atoms with Gasteiger partial charge in [-0.3, -0.25) is 9.47 Å². The third-order valence-corrected chi connectivity index (χ3v) is 3.83. The normalized spacial score (nSPS) is 24.7. The van der Waals surface area contributed by atoms with E-state index in [0.29, 0.717) is 6.42 Å². The SMILES string of the molecule is O=C1c2ccccc2[C@H]2C[C@H](O)c3cccn3N12. The molecule has 0 radical (unpaired) electrons. The largest absolute Gasteiger partial charge is 0.387 e. The Kier molecular flexibility index (Phi) is 1.78. The van der Waals surface area contributed by atoms with Crippen molar-refractivity contribution in [3.05, 3.63) is 59.4 Å². The zero-order valence-electron chi connectivity index (χ0n) is 9.65. The van der Waals surface area contributed by atoms with Crippen molar-refractivity contribution in [2.45, 2.75) is 18.6 Å². The van der Waals surface area contributed by atoms with Crippen LogP contribution < -0.4 is 5.01 Å². The summed E-state index contributed by atoms with van der Waals surface area (Å²) in [5, 5.41) is 11.9. The molecule has 0 unspecified atom stereocenters. The molecule has 1 amide bonds. The van der Waals surface area contributed by atoms with Gasteiger partial charge in [-0.25, -0.2) is 5.01 Å². The van der Waals surface area contributed by atoms with Gasteiger partial charge in [0.2, 0.25) is 0 Å². The summed E-state index contributed by atoms with van der Waals surface area (Å²) in [5.41, 5.74) is 2.55. The molecule has 4 nitrogen and oxygen atoms in total. The molecule has 0 bridgehead atoms. The average Bonchev–Trinajstić information content (AvgIpc) is 2.95. The van der Waals surface area contributed by atoms with Crippen LogP contribution in [-0.4, -0.2) is 15.7 Å². The molecule has 1 aromatic heterocycles. The Morgan fingerprint density at radius 3 is 2.89 bits per heavy atom. The molecular weight excluding hydrogens is 228 g/mol. The first-order chi connectivity index (χ1) is 8.77. The van der Waals surface area contributed by atoms with Crippen molar-refractivity contribution < 1.29 is 9.90 Å². The summed E-state index contributed by atoms with van der Waals surface area (Å²) in [6.45, 7) is 0. The number of rotatable bonds is 0. The molecule has 4 heteroatoms. The van der Waals surface area contributed by atoms with E-state index in [4.69, 9.17) is 0 Å². The lowest BCUT2D eigenvalue weighted by atomic mass is 9.98. The standard InChI is InChI=1S/C14H12N2O2/c17-13-8-12-9-4-1-2-5-10(9)14(18)16(12)15-7-3-6-11(13)15/h1-7,12-13,17H,8H2/t12-,13+/m1/s1. The number of carbonyl (C=O) groups excluding carboxylic acids is 1. The molecule has 2 aromatic rings. The number of aliphatic hydroxyl groups excluding tert-OH is 1. The highest BCUT2D eigenvalue weighted by Gasteiger charge is 2.43. The van der Waals surface area contributed by atoms with Gasteiger partial charge in [0.15, 0.2) is 0 Å². The van der Waals surface area contributed by atoms with Gasteiger partial charge in [0.05, 0.1) is 17.8 Å². The second-order valence-corrected chi connectivity index (χ2v) is 4.78. The highest BCUT2D eigenvalue weighted by molar-refractivity contribution is 6.06. The van der Waals surface area contributed by atoms with Crippen LogP contribution in [0.4, 0.5) is 0 Å². The highest BCUT2D eigenvalue weighted by Crippen LogP contribution is 2.42. The van der Waals surface area contributed by atoms with Crippen LogP contribution in [0.2, 0.25) is 0 Å². The number of nitrogens with zero attached hydrogens (tertiary/aromatic N) is 2. The van der Waals surface area contributed by atoms with Crippen LogP contribution in [0.25, 0.3) is 0 Å². The number of aromatic nitrogens is 1. The monoisotopic (exact) mass is 240 g/mol. The summed E-state index contributed by atoms with van der Waals surface area (Å²) in [7, 11) is 0. The van der Waals surface area contributed by atoms with E-state index in [1.807, 2.05) is 42.6 Å². The van der Waals surface area contributed by atoms with E-state index in [2.05, 4.69) is 0 Å². The van der Waals surface area contributed by atoms with Crippen LogP contribution in [0, 0.1) is 0 Å². The minimum atomic E-state index is -0.514. The molecule has 0 fully saturated rings. The molecule has 1 N–H and O–H groups in total. The van der Waals surface area contributed by atoms with Crippen molar-refractivity contribution in [1.29, 1.82) is 0 Å². The number of aliphatic hydroxyl groups is 1.